The molecule has 9 nitrogen and oxygen atoms in total. The van der Waals surface area contributed by atoms with Crippen molar-refractivity contribution in [3.05, 3.63) is 59.0 Å². The lowest BCUT2D eigenvalue weighted by molar-refractivity contribution is -0.139. The molecule has 1 saturated heterocycles. The van der Waals surface area contributed by atoms with E-state index in [-0.39, 0.29) is 16.4 Å². The first-order valence-corrected chi connectivity index (χ1v) is 9.82. The normalized spacial score (nSPS) is 14.6. The van der Waals surface area contributed by atoms with Gasteiger partial charge in [0.25, 0.3) is 11.1 Å². The van der Waals surface area contributed by atoms with Crippen LogP contribution in [0.15, 0.2) is 53.4 Å². The number of amides is 3. The number of aliphatic carboxylic acids is 1. The second-order valence-electron chi connectivity index (χ2n) is 6.24. The molecule has 0 radical (unpaired) electrons. The molecule has 0 spiro atoms. The summed E-state index contributed by atoms with van der Waals surface area (Å²) in [6.07, 6.45) is 1.40. The van der Waals surface area contributed by atoms with Gasteiger partial charge in [-0.2, -0.15) is 0 Å². The van der Waals surface area contributed by atoms with Crippen molar-refractivity contribution in [1.29, 1.82) is 0 Å². The number of para-hydroxylation sites is 2. The number of rotatable bonds is 8. The van der Waals surface area contributed by atoms with E-state index in [2.05, 4.69) is 5.32 Å². The van der Waals surface area contributed by atoms with Crippen LogP contribution >= 0.6 is 11.8 Å². The number of nitrogens with one attached hydrogen (secondary N) is 1. The third kappa shape index (κ3) is 5.43. The molecule has 0 atom stereocenters. The van der Waals surface area contributed by atoms with E-state index in [1.165, 1.54) is 13.2 Å². The molecule has 0 aliphatic carbocycles. The van der Waals surface area contributed by atoms with Gasteiger partial charge in [0, 0.05) is 11.3 Å². The molecule has 0 saturated carbocycles. The third-order valence-electron chi connectivity index (χ3n) is 4.09. The molecule has 1 heterocycles. The van der Waals surface area contributed by atoms with Crippen LogP contribution in [-0.4, -0.2) is 53.3 Å². The average Bonchev–Trinajstić information content (AvgIpc) is 3.00. The van der Waals surface area contributed by atoms with Gasteiger partial charge in [-0.05, 0) is 36.0 Å². The standard InChI is InChI=1S/C21H18N2O7S/c1-29-15-9-5-6-13(19(15)30-12-18(25)26)10-16-20(27)23(21(28)31-16)11-17(24)22-14-7-3-2-4-8-14/h2-10H,11-12H2,1H3,(H,22,24)(H,25,26)/b16-10-. The molecule has 2 aromatic carbocycles. The molecular weight excluding hydrogens is 424 g/mol. The molecular formula is C21H18N2O7S. The first kappa shape index (κ1) is 21.9. The molecule has 0 bridgehead atoms. The highest BCUT2D eigenvalue weighted by Gasteiger charge is 2.36. The van der Waals surface area contributed by atoms with Gasteiger partial charge in [-0.15, -0.1) is 0 Å². The van der Waals surface area contributed by atoms with Crippen molar-refractivity contribution in [2.45, 2.75) is 0 Å². The number of thioether (sulfide) groups is 1. The largest absolute Gasteiger partial charge is 0.493 e. The Morgan fingerprint density at radius 2 is 1.87 bits per heavy atom. The van der Waals surface area contributed by atoms with E-state index in [1.807, 2.05) is 0 Å². The van der Waals surface area contributed by atoms with Crippen molar-refractivity contribution in [2.24, 2.45) is 0 Å². The number of carboxylic acids is 1. The molecule has 160 valence electrons. The first-order chi connectivity index (χ1) is 14.9. The van der Waals surface area contributed by atoms with E-state index >= 15 is 0 Å². The fourth-order valence-corrected chi connectivity index (χ4v) is 3.57. The van der Waals surface area contributed by atoms with Gasteiger partial charge >= 0.3 is 5.97 Å². The highest BCUT2D eigenvalue weighted by molar-refractivity contribution is 8.18. The van der Waals surface area contributed by atoms with Gasteiger partial charge in [-0.25, -0.2) is 4.79 Å². The van der Waals surface area contributed by atoms with Crippen LogP contribution in [0, 0.1) is 0 Å². The number of carbonyl (C=O) groups is 4. The lowest BCUT2D eigenvalue weighted by atomic mass is 10.1. The summed E-state index contributed by atoms with van der Waals surface area (Å²) in [7, 11) is 1.39. The summed E-state index contributed by atoms with van der Waals surface area (Å²) < 4.78 is 10.5. The van der Waals surface area contributed by atoms with Crippen molar-refractivity contribution in [1.82, 2.24) is 4.90 Å². The Bertz CT molecular complexity index is 1050. The summed E-state index contributed by atoms with van der Waals surface area (Å²) in [6.45, 7) is -1.04. The van der Waals surface area contributed by atoms with E-state index in [9.17, 15) is 19.2 Å². The minimum atomic E-state index is -1.18. The molecule has 0 aromatic heterocycles. The van der Waals surface area contributed by atoms with Gasteiger partial charge in [0.15, 0.2) is 18.1 Å². The summed E-state index contributed by atoms with van der Waals surface area (Å²) in [5.74, 6) is -1.93. The Balaban J connectivity index is 1.78. The Morgan fingerprint density at radius 3 is 2.55 bits per heavy atom. The fourth-order valence-electron chi connectivity index (χ4n) is 2.74. The molecule has 1 fully saturated rings. The summed E-state index contributed by atoms with van der Waals surface area (Å²) in [4.78, 5) is 49.0. The smallest absolute Gasteiger partial charge is 0.341 e. The zero-order valence-corrected chi connectivity index (χ0v) is 17.2. The number of carbonyl (C=O) groups excluding carboxylic acids is 3. The third-order valence-corrected chi connectivity index (χ3v) is 5.00. The van der Waals surface area contributed by atoms with Gasteiger partial charge in [0.2, 0.25) is 5.91 Å². The Hall–Kier alpha value is -3.79. The van der Waals surface area contributed by atoms with E-state index in [0.29, 0.717) is 23.0 Å². The van der Waals surface area contributed by atoms with Crippen LogP contribution in [0.25, 0.3) is 6.08 Å². The number of hydrogen-bond donors (Lipinski definition) is 2. The monoisotopic (exact) mass is 442 g/mol. The molecule has 2 aromatic rings. The Kier molecular flexibility index (Phi) is 6.93. The predicted octanol–water partition coefficient (Wildman–Crippen LogP) is 2.83. The number of hydrogen-bond acceptors (Lipinski definition) is 7. The van der Waals surface area contributed by atoms with E-state index < -0.39 is 36.2 Å². The number of anilines is 1. The number of carboxylic acid groups (broad SMARTS) is 1. The lowest BCUT2D eigenvalue weighted by Gasteiger charge is -2.13. The van der Waals surface area contributed by atoms with Crippen LogP contribution in [0.4, 0.5) is 10.5 Å². The van der Waals surface area contributed by atoms with E-state index in [1.54, 1.807) is 48.5 Å². The molecule has 10 heteroatoms. The predicted molar refractivity (Wildman–Crippen MR) is 114 cm³/mol. The Morgan fingerprint density at radius 1 is 1.13 bits per heavy atom. The van der Waals surface area contributed by atoms with Crippen molar-refractivity contribution >= 4 is 46.5 Å². The van der Waals surface area contributed by atoms with Gasteiger partial charge in [-0.3, -0.25) is 19.3 Å². The molecule has 3 rings (SSSR count). The molecule has 1 aliphatic heterocycles. The minimum Gasteiger partial charge on any atom is -0.493 e. The van der Waals surface area contributed by atoms with Crippen LogP contribution in [-0.2, 0) is 14.4 Å². The van der Waals surface area contributed by atoms with Crippen molar-refractivity contribution < 1.29 is 33.8 Å². The zero-order valence-electron chi connectivity index (χ0n) is 16.4. The second-order valence-corrected chi connectivity index (χ2v) is 7.24. The summed E-state index contributed by atoms with van der Waals surface area (Å²) in [5, 5.41) is 10.9. The molecule has 2 N–H and O–H groups in total. The van der Waals surface area contributed by atoms with Crippen LogP contribution in [0.3, 0.4) is 0 Å². The van der Waals surface area contributed by atoms with Crippen molar-refractivity contribution in [2.75, 3.05) is 25.6 Å². The zero-order chi connectivity index (χ0) is 22.4. The SMILES string of the molecule is COc1cccc(/C=C2\SC(=O)N(CC(=O)Nc3ccccc3)C2=O)c1OCC(=O)O. The van der Waals surface area contributed by atoms with Crippen LogP contribution in [0.2, 0.25) is 0 Å². The number of imide groups is 1. The quantitative estimate of drug-likeness (QED) is 0.599. The topological polar surface area (TPSA) is 122 Å². The van der Waals surface area contributed by atoms with Crippen LogP contribution in [0.5, 0.6) is 11.5 Å². The first-order valence-electron chi connectivity index (χ1n) is 9.01. The van der Waals surface area contributed by atoms with Crippen LogP contribution < -0.4 is 14.8 Å². The van der Waals surface area contributed by atoms with Crippen molar-refractivity contribution in [3.63, 3.8) is 0 Å². The average molecular weight is 442 g/mol. The summed E-state index contributed by atoms with van der Waals surface area (Å²) >= 11 is 0.677. The summed E-state index contributed by atoms with van der Waals surface area (Å²) in [6, 6.07) is 13.5. The number of benzene rings is 2. The fraction of sp³-hybridized carbons (Fsp3) is 0.143. The maximum absolute atomic E-state index is 12.7. The minimum absolute atomic E-state index is 0.0749. The van der Waals surface area contributed by atoms with Crippen molar-refractivity contribution in [3.8, 4) is 11.5 Å². The second kappa shape index (κ2) is 9.81. The van der Waals surface area contributed by atoms with Gasteiger partial charge in [0.1, 0.15) is 6.54 Å². The molecule has 1 aliphatic rings. The van der Waals surface area contributed by atoms with Gasteiger partial charge in [-0.1, -0.05) is 30.3 Å². The van der Waals surface area contributed by atoms with Crippen LogP contribution in [0.1, 0.15) is 5.56 Å². The number of nitrogens with zero attached hydrogens (tertiary/aromatic N) is 1. The molecule has 3 amide bonds. The maximum atomic E-state index is 12.7. The highest BCUT2D eigenvalue weighted by atomic mass is 32.2. The highest BCUT2D eigenvalue weighted by Crippen LogP contribution is 2.37. The van der Waals surface area contributed by atoms with E-state index in [0.717, 1.165) is 4.90 Å². The number of ether oxygens (including phenoxy) is 2. The van der Waals surface area contributed by atoms with Gasteiger partial charge in [0.05, 0.1) is 12.0 Å². The van der Waals surface area contributed by atoms with E-state index in [4.69, 9.17) is 14.6 Å². The summed E-state index contributed by atoms with van der Waals surface area (Å²) in [5.41, 5.74) is 0.909. The van der Waals surface area contributed by atoms with Gasteiger partial charge < -0.3 is 19.9 Å². The Labute approximate surface area is 181 Å². The molecule has 0 unspecified atom stereocenters. The number of methoxy groups -OCH3 is 1. The maximum Gasteiger partial charge on any atom is 0.341 e. The lowest BCUT2D eigenvalue weighted by Crippen LogP contribution is -2.36. The molecule has 31 heavy (non-hydrogen) atoms.